The van der Waals surface area contributed by atoms with Crippen LogP contribution in [0, 0.1) is 0 Å². The number of rotatable bonds is 6. The molecule has 5 nitrogen and oxygen atoms in total. The second-order valence-corrected chi connectivity index (χ2v) is 5.58. The average molecular weight is 309 g/mol. The van der Waals surface area contributed by atoms with Crippen molar-refractivity contribution >= 4 is 0 Å². The molecule has 0 bridgehead atoms. The Balaban J connectivity index is 1.89. The summed E-state index contributed by atoms with van der Waals surface area (Å²) >= 11 is 0. The molecule has 0 saturated carbocycles. The molecule has 3 aromatic rings. The molecule has 0 aliphatic carbocycles. The van der Waals surface area contributed by atoms with Gasteiger partial charge >= 0.3 is 0 Å². The van der Waals surface area contributed by atoms with Crippen molar-refractivity contribution < 1.29 is 9.52 Å². The molecule has 3 rings (SSSR count). The van der Waals surface area contributed by atoms with Crippen molar-refractivity contribution in [2.75, 3.05) is 0 Å². The summed E-state index contributed by atoms with van der Waals surface area (Å²) in [7, 11) is 0. The maximum absolute atomic E-state index is 9.61. The van der Waals surface area contributed by atoms with Crippen LogP contribution in [0.15, 0.2) is 65.9 Å². The van der Waals surface area contributed by atoms with Gasteiger partial charge in [0, 0.05) is 30.8 Å². The van der Waals surface area contributed by atoms with E-state index in [1.807, 2.05) is 22.8 Å². The molecule has 0 radical (unpaired) electrons. The molecule has 0 aliphatic heterocycles. The van der Waals surface area contributed by atoms with Crippen LogP contribution in [0.2, 0.25) is 0 Å². The normalized spacial score (nSPS) is 10.8. The van der Waals surface area contributed by atoms with Crippen molar-refractivity contribution in [1.29, 1.82) is 0 Å². The molecular weight excluding hydrogens is 290 g/mol. The minimum Gasteiger partial charge on any atom is -0.508 e. The molecular formula is C18H19N3O2. The van der Waals surface area contributed by atoms with E-state index in [-0.39, 0.29) is 5.75 Å². The first-order chi connectivity index (χ1) is 11.1. The van der Waals surface area contributed by atoms with Crippen molar-refractivity contribution in [2.24, 2.45) is 5.73 Å². The quantitative estimate of drug-likeness (QED) is 0.734. The third-order valence-corrected chi connectivity index (χ3v) is 3.64. The number of furan rings is 1. The van der Waals surface area contributed by atoms with E-state index in [1.54, 1.807) is 31.0 Å². The highest BCUT2D eigenvalue weighted by Gasteiger charge is 2.13. The highest BCUT2D eigenvalue weighted by Crippen LogP contribution is 2.19. The predicted octanol–water partition coefficient (Wildman–Crippen LogP) is 2.84. The first kappa shape index (κ1) is 15.0. The fraction of sp³-hybridized carbons (Fsp3) is 0.167. The van der Waals surface area contributed by atoms with Gasteiger partial charge in [0.2, 0.25) is 0 Å². The van der Waals surface area contributed by atoms with Crippen molar-refractivity contribution in [3.8, 4) is 5.75 Å². The lowest BCUT2D eigenvalue weighted by molar-refractivity contribution is 0.474. The topological polar surface area (TPSA) is 77.2 Å². The summed E-state index contributed by atoms with van der Waals surface area (Å²) in [5.41, 5.74) is 10.5. The van der Waals surface area contributed by atoms with E-state index in [9.17, 15) is 5.11 Å². The van der Waals surface area contributed by atoms with Crippen LogP contribution in [0.25, 0.3) is 0 Å². The minimum absolute atomic E-state index is 0.256. The van der Waals surface area contributed by atoms with Crippen LogP contribution in [0.5, 0.6) is 5.75 Å². The summed E-state index contributed by atoms with van der Waals surface area (Å²) in [5, 5.41) is 9.61. The van der Waals surface area contributed by atoms with Crippen LogP contribution in [-0.4, -0.2) is 14.7 Å². The molecule has 0 fully saturated rings. The van der Waals surface area contributed by atoms with Crippen LogP contribution in [-0.2, 0) is 19.4 Å². The van der Waals surface area contributed by atoms with Gasteiger partial charge in [-0.15, -0.1) is 0 Å². The number of hydrogen-bond acceptors (Lipinski definition) is 4. The Hall–Kier alpha value is -2.95. The first-order valence-electron chi connectivity index (χ1n) is 7.37. The van der Waals surface area contributed by atoms with Gasteiger partial charge in [-0.25, -0.2) is 4.98 Å². The van der Waals surface area contributed by atoms with Crippen LogP contribution in [0.3, 0.4) is 0 Å². The molecule has 0 aliphatic rings. The fourth-order valence-corrected chi connectivity index (χ4v) is 2.59. The van der Waals surface area contributed by atoms with Gasteiger partial charge in [0.25, 0.3) is 0 Å². The van der Waals surface area contributed by atoms with E-state index >= 15 is 0 Å². The van der Waals surface area contributed by atoms with Crippen molar-refractivity contribution in [3.63, 3.8) is 0 Å². The molecule has 3 N–H and O–H groups in total. The lowest BCUT2D eigenvalue weighted by Gasteiger charge is -2.10. The van der Waals surface area contributed by atoms with Gasteiger partial charge in [0.05, 0.1) is 24.5 Å². The summed E-state index contributed by atoms with van der Waals surface area (Å²) in [4.78, 5) is 4.52. The third kappa shape index (κ3) is 3.63. The molecule has 0 unspecified atom stereocenters. The number of aromatic nitrogens is 2. The van der Waals surface area contributed by atoms with Gasteiger partial charge in [-0.1, -0.05) is 18.7 Å². The Labute approximate surface area is 134 Å². The standard InChI is InChI=1S/C18H19N3O2/c1-13(19)7-18-17(9-15-5-6-23-11-15)20-12-21(18)10-14-3-2-4-16(22)8-14/h2-6,8,11-12,22H,1,7,9-10,19H2. The second-order valence-electron chi connectivity index (χ2n) is 5.58. The highest BCUT2D eigenvalue weighted by molar-refractivity contribution is 5.29. The SMILES string of the molecule is C=C(N)Cc1c(Cc2ccoc2)ncn1Cc1cccc(O)c1. The lowest BCUT2D eigenvalue weighted by atomic mass is 10.1. The third-order valence-electron chi connectivity index (χ3n) is 3.64. The number of nitrogens with two attached hydrogens (primary N) is 1. The predicted molar refractivity (Wildman–Crippen MR) is 88.0 cm³/mol. The van der Waals surface area contributed by atoms with E-state index < -0.39 is 0 Å². The van der Waals surface area contributed by atoms with Crippen LogP contribution in [0.1, 0.15) is 22.5 Å². The fourth-order valence-electron chi connectivity index (χ4n) is 2.59. The molecule has 0 spiro atoms. The zero-order chi connectivity index (χ0) is 16.2. The number of benzene rings is 1. The number of phenols is 1. The van der Waals surface area contributed by atoms with E-state index in [2.05, 4.69) is 11.6 Å². The minimum atomic E-state index is 0.256. The molecule has 0 amide bonds. The maximum Gasteiger partial charge on any atom is 0.115 e. The van der Waals surface area contributed by atoms with E-state index in [1.165, 1.54) is 0 Å². The van der Waals surface area contributed by atoms with Gasteiger partial charge in [-0.3, -0.25) is 0 Å². The van der Waals surface area contributed by atoms with Gasteiger partial charge in [-0.2, -0.15) is 0 Å². The number of aromatic hydroxyl groups is 1. The van der Waals surface area contributed by atoms with Crippen molar-refractivity contribution in [2.45, 2.75) is 19.4 Å². The Morgan fingerprint density at radius 2 is 2.17 bits per heavy atom. The summed E-state index contributed by atoms with van der Waals surface area (Å²) in [6, 6.07) is 9.13. The largest absolute Gasteiger partial charge is 0.508 e. The Morgan fingerprint density at radius 3 is 2.87 bits per heavy atom. The highest BCUT2D eigenvalue weighted by atomic mass is 16.3. The number of hydrogen-bond donors (Lipinski definition) is 2. The van der Waals surface area contributed by atoms with Crippen LogP contribution in [0.4, 0.5) is 0 Å². The molecule has 0 atom stereocenters. The van der Waals surface area contributed by atoms with E-state index in [0.29, 0.717) is 25.1 Å². The van der Waals surface area contributed by atoms with Crippen molar-refractivity contribution in [3.05, 3.63) is 84.0 Å². The van der Waals surface area contributed by atoms with E-state index in [0.717, 1.165) is 22.5 Å². The van der Waals surface area contributed by atoms with Gasteiger partial charge < -0.3 is 19.8 Å². The molecule has 23 heavy (non-hydrogen) atoms. The molecule has 5 heteroatoms. The Kier molecular flexibility index (Phi) is 4.19. The van der Waals surface area contributed by atoms with E-state index in [4.69, 9.17) is 10.2 Å². The van der Waals surface area contributed by atoms with Crippen molar-refractivity contribution in [1.82, 2.24) is 9.55 Å². The molecule has 118 valence electrons. The van der Waals surface area contributed by atoms with Crippen LogP contribution < -0.4 is 5.73 Å². The molecule has 1 aromatic carbocycles. The van der Waals surface area contributed by atoms with Gasteiger partial charge in [0.1, 0.15) is 5.75 Å². The zero-order valence-electron chi connectivity index (χ0n) is 12.8. The monoisotopic (exact) mass is 309 g/mol. The number of imidazole rings is 1. The number of nitrogens with zero attached hydrogens (tertiary/aromatic N) is 2. The number of phenolic OH excluding ortho intramolecular Hbond substituents is 1. The van der Waals surface area contributed by atoms with Crippen LogP contribution >= 0.6 is 0 Å². The molecule has 2 aromatic heterocycles. The molecule has 2 heterocycles. The average Bonchev–Trinajstić information content (AvgIpc) is 3.12. The van der Waals surface area contributed by atoms with Gasteiger partial charge in [0.15, 0.2) is 0 Å². The zero-order valence-corrected chi connectivity index (χ0v) is 12.8. The summed E-state index contributed by atoms with van der Waals surface area (Å²) in [5.74, 6) is 0.256. The second kappa shape index (κ2) is 6.44. The Bertz CT molecular complexity index is 804. The van der Waals surface area contributed by atoms with Gasteiger partial charge in [-0.05, 0) is 29.3 Å². The molecule has 0 saturated heterocycles. The lowest BCUT2D eigenvalue weighted by Crippen LogP contribution is -2.09. The first-order valence-corrected chi connectivity index (χ1v) is 7.37. The Morgan fingerprint density at radius 1 is 1.30 bits per heavy atom. The maximum atomic E-state index is 9.61. The summed E-state index contributed by atoms with van der Waals surface area (Å²) in [6.07, 6.45) is 6.42. The smallest absolute Gasteiger partial charge is 0.115 e. The summed E-state index contributed by atoms with van der Waals surface area (Å²) < 4.78 is 7.16. The number of allylic oxidation sites excluding steroid dienone is 1. The summed E-state index contributed by atoms with van der Waals surface area (Å²) in [6.45, 7) is 4.43.